The van der Waals surface area contributed by atoms with Gasteiger partial charge in [0.15, 0.2) is 5.16 Å². The molecule has 1 fully saturated rings. The van der Waals surface area contributed by atoms with Crippen molar-refractivity contribution in [3.8, 4) is 0 Å². The molecule has 2 aromatic rings. The summed E-state index contributed by atoms with van der Waals surface area (Å²) >= 11 is 1.98. The molecule has 0 atom stereocenters. The minimum atomic E-state index is -0.392. The first kappa shape index (κ1) is 22.8. The molecule has 0 aliphatic carbocycles. The van der Waals surface area contributed by atoms with Crippen molar-refractivity contribution < 1.29 is 14.4 Å². The zero-order valence-electron chi connectivity index (χ0n) is 16.8. The lowest BCUT2D eigenvalue weighted by molar-refractivity contribution is -0.123. The molecule has 0 bridgehead atoms. The fourth-order valence-corrected chi connectivity index (χ4v) is 4.32. The number of pyridine rings is 1. The van der Waals surface area contributed by atoms with E-state index < -0.39 is 5.91 Å². The van der Waals surface area contributed by atoms with Crippen molar-refractivity contribution in [1.29, 1.82) is 0 Å². The van der Waals surface area contributed by atoms with Crippen molar-refractivity contribution in [2.45, 2.75) is 24.9 Å². The second-order valence-electron chi connectivity index (χ2n) is 6.55. The number of aryl methyl sites for hydroxylation is 1. The van der Waals surface area contributed by atoms with Gasteiger partial charge < -0.3 is 10.3 Å². The Labute approximate surface area is 187 Å². The zero-order chi connectivity index (χ0) is 22.2. The number of nitrogens with zero attached hydrogens (tertiary/aromatic N) is 3. The third-order valence-electron chi connectivity index (χ3n) is 4.13. The van der Waals surface area contributed by atoms with Gasteiger partial charge >= 0.3 is 0 Å². The Morgan fingerprint density at radius 3 is 2.94 bits per heavy atom. The highest BCUT2D eigenvalue weighted by Gasteiger charge is 2.34. The van der Waals surface area contributed by atoms with E-state index in [1.807, 2.05) is 6.92 Å². The van der Waals surface area contributed by atoms with Crippen LogP contribution in [0.4, 0.5) is 4.79 Å². The molecule has 9 nitrogen and oxygen atoms in total. The van der Waals surface area contributed by atoms with Crippen LogP contribution in [0.1, 0.15) is 24.6 Å². The van der Waals surface area contributed by atoms with E-state index in [9.17, 15) is 19.2 Å². The molecule has 2 aromatic heterocycles. The number of aromatic amines is 1. The SMILES string of the molecule is CCCc1cc(=O)[nH]c(SCC(=O)NCCN2C(=O)SC(=Cc3cccnc3)C2=O)n1. The fraction of sp³-hybridized carbons (Fsp3) is 0.300. The van der Waals surface area contributed by atoms with Gasteiger partial charge in [-0.15, -0.1) is 0 Å². The number of H-pyrrole nitrogens is 1. The quantitative estimate of drug-likeness (QED) is 0.332. The average molecular weight is 460 g/mol. The van der Waals surface area contributed by atoms with Crippen molar-refractivity contribution in [1.82, 2.24) is 25.2 Å². The van der Waals surface area contributed by atoms with Gasteiger partial charge in [-0.1, -0.05) is 31.2 Å². The number of thioether (sulfide) groups is 2. The summed E-state index contributed by atoms with van der Waals surface area (Å²) in [4.78, 5) is 60.7. The molecule has 162 valence electrons. The van der Waals surface area contributed by atoms with Crippen LogP contribution in [0, 0.1) is 0 Å². The number of imide groups is 1. The predicted molar refractivity (Wildman–Crippen MR) is 120 cm³/mol. The van der Waals surface area contributed by atoms with E-state index in [1.54, 1.807) is 30.6 Å². The van der Waals surface area contributed by atoms with E-state index >= 15 is 0 Å². The largest absolute Gasteiger partial charge is 0.354 e. The Morgan fingerprint density at radius 2 is 2.19 bits per heavy atom. The van der Waals surface area contributed by atoms with E-state index in [0.717, 1.165) is 40.4 Å². The molecular weight excluding hydrogens is 438 g/mol. The number of carbonyl (C=O) groups excluding carboxylic acids is 3. The van der Waals surface area contributed by atoms with Crippen LogP contribution in [0.5, 0.6) is 0 Å². The van der Waals surface area contributed by atoms with Gasteiger partial charge in [0.05, 0.1) is 10.7 Å². The molecule has 31 heavy (non-hydrogen) atoms. The first-order valence-electron chi connectivity index (χ1n) is 9.61. The van der Waals surface area contributed by atoms with Crippen molar-refractivity contribution in [2.75, 3.05) is 18.8 Å². The summed E-state index contributed by atoms with van der Waals surface area (Å²) in [6.45, 7) is 2.21. The third-order valence-corrected chi connectivity index (χ3v) is 5.91. The van der Waals surface area contributed by atoms with Crippen LogP contribution in [-0.4, -0.2) is 55.7 Å². The lowest BCUT2D eigenvalue weighted by atomic mass is 10.2. The van der Waals surface area contributed by atoms with Crippen molar-refractivity contribution >= 4 is 46.7 Å². The first-order chi connectivity index (χ1) is 15.0. The number of carbonyl (C=O) groups is 3. The Morgan fingerprint density at radius 1 is 1.35 bits per heavy atom. The van der Waals surface area contributed by atoms with Gasteiger partial charge in [-0.25, -0.2) is 4.98 Å². The molecule has 0 radical (unpaired) electrons. The molecule has 3 amide bonds. The Bertz CT molecular complexity index is 1060. The van der Waals surface area contributed by atoms with Crippen LogP contribution in [0.2, 0.25) is 0 Å². The highest BCUT2D eigenvalue weighted by Crippen LogP contribution is 2.31. The number of aromatic nitrogens is 3. The normalized spacial score (nSPS) is 15.0. The lowest BCUT2D eigenvalue weighted by Gasteiger charge is -2.12. The highest BCUT2D eigenvalue weighted by molar-refractivity contribution is 8.18. The highest BCUT2D eigenvalue weighted by atomic mass is 32.2. The van der Waals surface area contributed by atoms with E-state index in [-0.39, 0.29) is 35.5 Å². The summed E-state index contributed by atoms with van der Waals surface area (Å²) in [5.41, 5.74) is 1.17. The van der Waals surface area contributed by atoms with Crippen LogP contribution >= 0.6 is 23.5 Å². The maximum Gasteiger partial charge on any atom is 0.293 e. The topological polar surface area (TPSA) is 125 Å². The van der Waals surface area contributed by atoms with E-state index in [2.05, 4.69) is 20.3 Å². The summed E-state index contributed by atoms with van der Waals surface area (Å²) in [5, 5.41) is 2.69. The number of nitrogens with one attached hydrogen (secondary N) is 2. The number of rotatable bonds is 9. The summed E-state index contributed by atoms with van der Waals surface area (Å²) in [5.74, 6) is -0.621. The van der Waals surface area contributed by atoms with Gasteiger partial charge in [0.25, 0.3) is 16.7 Å². The number of hydrogen-bond donors (Lipinski definition) is 2. The van der Waals surface area contributed by atoms with Gasteiger partial charge in [0, 0.05) is 37.2 Å². The molecular formula is C20H21N5O4S2. The number of amides is 3. The van der Waals surface area contributed by atoms with Gasteiger partial charge in [0.2, 0.25) is 5.91 Å². The van der Waals surface area contributed by atoms with Crippen LogP contribution < -0.4 is 10.9 Å². The van der Waals surface area contributed by atoms with Crippen molar-refractivity contribution in [3.05, 3.63) is 57.1 Å². The van der Waals surface area contributed by atoms with Crippen LogP contribution in [0.25, 0.3) is 6.08 Å². The van der Waals surface area contributed by atoms with Crippen LogP contribution in [-0.2, 0) is 16.0 Å². The van der Waals surface area contributed by atoms with Gasteiger partial charge in [-0.3, -0.25) is 29.1 Å². The summed E-state index contributed by atoms with van der Waals surface area (Å²) < 4.78 is 0. The van der Waals surface area contributed by atoms with Crippen molar-refractivity contribution in [3.63, 3.8) is 0 Å². The minimum Gasteiger partial charge on any atom is -0.354 e. The fourth-order valence-electron chi connectivity index (χ4n) is 2.73. The molecule has 0 saturated carbocycles. The molecule has 1 saturated heterocycles. The molecule has 0 aromatic carbocycles. The van der Waals surface area contributed by atoms with Crippen LogP contribution in [0.3, 0.4) is 0 Å². The maximum absolute atomic E-state index is 12.5. The molecule has 1 aliphatic rings. The maximum atomic E-state index is 12.5. The molecule has 1 aliphatic heterocycles. The first-order valence-corrected chi connectivity index (χ1v) is 11.4. The smallest absolute Gasteiger partial charge is 0.293 e. The lowest BCUT2D eigenvalue weighted by Crippen LogP contribution is -2.37. The summed E-state index contributed by atoms with van der Waals surface area (Å²) in [6, 6.07) is 4.99. The van der Waals surface area contributed by atoms with Crippen molar-refractivity contribution in [2.24, 2.45) is 0 Å². The van der Waals surface area contributed by atoms with Crippen LogP contribution in [0.15, 0.2) is 45.4 Å². The van der Waals surface area contributed by atoms with E-state index in [0.29, 0.717) is 22.2 Å². The minimum absolute atomic E-state index is 0.0569. The second kappa shape index (κ2) is 10.9. The summed E-state index contributed by atoms with van der Waals surface area (Å²) in [7, 11) is 0. The van der Waals surface area contributed by atoms with Gasteiger partial charge in [-0.05, 0) is 35.9 Å². The Balaban J connectivity index is 1.47. The van der Waals surface area contributed by atoms with Gasteiger partial charge in [0.1, 0.15) is 0 Å². The monoisotopic (exact) mass is 459 g/mol. The standard InChI is InChI=1S/C20H21N5O4S2/c1-2-4-14-10-16(26)24-19(23-14)30-12-17(27)22-7-8-25-18(28)15(31-20(25)29)9-13-5-3-6-21-11-13/h3,5-6,9-11H,2,4,7-8,12H2,1H3,(H,22,27)(H,23,24,26). The number of hydrogen-bond acceptors (Lipinski definition) is 8. The molecule has 3 heterocycles. The summed E-state index contributed by atoms with van der Waals surface area (Å²) in [6.07, 6.45) is 6.41. The zero-order valence-corrected chi connectivity index (χ0v) is 18.4. The predicted octanol–water partition coefficient (Wildman–Crippen LogP) is 2.06. The third kappa shape index (κ3) is 6.53. The molecule has 2 N–H and O–H groups in total. The van der Waals surface area contributed by atoms with Gasteiger partial charge in [-0.2, -0.15) is 0 Å². The Hall–Kier alpha value is -2.92. The molecule has 11 heteroatoms. The van der Waals surface area contributed by atoms with E-state index in [4.69, 9.17) is 0 Å². The molecule has 3 rings (SSSR count). The average Bonchev–Trinajstić information content (AvgIpc) is 3.00. The molecule has 0 unspecified atom stereocenters. The molecule has 0 spiro atoms. The van der Waals surface area contributed by atoms with E-state index in [1.165, 1.54) is 6.07 Å². The Kier molecular flexibility index (Phi) is 8.01. The second-order valence-corrected chi connectivity index (χ2v) is 8.51.